The molecule has 2 aromatic carbocycles. The normalized spacial score (nSPS) is 18.2. The van der Waals surface area contributed by atoms with Crippen molar-refractivity contribution in [3.63, 3.8) is 0 Å². The van der Waals surface area contributed by atoms with Gasteiger partial charge in [0.05, 0.1) is 5.60 Å². The molecule has 0 fully saturated rings. The fraction of sp³-hybridized carbons (Fsp3) is 0.300. The molecule has 0 aliphatic heterocycles. The van der Waals surface area contributed by atoms with Gasteiger partial charge in [0.1, 0.15) is 0 Å². The molecule has 0 bridgehead atoms. The zero-order valence-electron chi connectivity index (χ0n) is 12.2. The van der Waals surface area contributed by atoms with Crippen LogP contribution >= 0.6 is 0 Å². The van der Waals surface area contributed by atoms with Gasteiger partial charge in [-0.2, -0.15) is 0 Å². The highest BCUT2D eigenvalue weighted by atomic mass is 16.3. The second-order valence-electron chi connectivity index (χ2n) is 6.44. The molecule has 0 radical (unpaired) electrons. The molecule has 0 amide bonds. The Labute approximate surface area is 126 Å². The first-order valence-electron chi connectivity index (χ1n) is 7.80. The third kappa shape index (κ3) is 2.32. The predicted octanol–water partition coefficient (Wildman–Crippen LogP) is 3.94. The number of hydrogen-bond donors (Lipinski definition) is 1. The maximum atomic E-state index is 10.9. The lowest BCUT2D eigenvalue weighted by Crippen LogP contribution is -2.29. The number of hydrogen-bond acceptors (Lipinski definition) is 1. The largest absolute Gasteiger partial charge is 0.389 e. The molecular formula is C20H20O. The third-order valence-corrected chi connectivity index (χ3v) is 4.95. The molecule has 2 aromatic rings. The summed E-state index contributed by atoms with van der Waals surface area (Å²) in [4.78, 5) is 0. The van der Waals surface area contributed by atoms with Crippen molar-refractivity contribution in [3.8, 4) is 0 Å². The Balaban J connectivity index is 1.47. The molecule has 0 aromatic heterocycles. The van der Waals surface area contributed by atoms with E-state index >= 15 is 0 Å². The van der Waals surface area contributed by atoms with Crippen LogP contribution in [0.15, 0.2) is 54.6 Å². The first-order valence-corrected chi connectivity index (χ1v) is 7.80. The van der Waals surface area contributed by atoms with Crippen LogP contribution in [-0.4, -0.2) is 10.7 Å². The van der Waals surface area contributed by atoms with Crippen LogP contribution in [0.4, 0.5) is 0 Å². The maximum absolute atomic E-state index is 10.9. The SMILES string of the molecule is OC1(CCC2=CCc3ccccc32)Cc2ccccc2C1. The van der Waals surface area contributed by atoms with Gasteiger partial charge in [-0.15, -0.1) is 0 Å². The number of rotatable bonds is 3. The molecule has 0 heterocycles. The Morgan fingerprint density at radius 1 is 0.857 bits per heavy atom. The average molecular weight is 276 g/mol. The first kappa shape index (κ1) is 12.8. The molecule has 0 unspecified atom stereocenters. The second-order valence-corrected chi connectivity index (χ2v) is 6.44. The molecule has 0 spiro atoms. The highest BCUT2D eigenvalue weighted by Crippen LogP contribution is 2.37. The summed E-state index contributed by atoms with van der Waals surface area (Å²) in [6, 6.07) is 17.1. The minimum absolute atomic E-state index is 0.554. The number of aliphatic hydroxyl groups is 1. The van der Waals surface area contributed by atoms with Crippen LogP contribution in [0.5, 0.6) is 0 Å². The van der Waals surface area contributed by atoms with Gasteiger partial charge in [-0.25, -0.2) is 0 Å². The quantitative estimate of drug-likeness (QED) is 0.900. The Morgan fingerprint density at radius 2 is 1.48 bits per heavy atom. The molecule has 0 saturated carbocycles. The van der Waals surface area contributed by atoms with Crippen molar-refractivity contribution in [3.05, 3.63) is 76.9 Å². The number of benzene rings is 2. The van der Waals surface area contributed by atoms with Gasteiger partial charge in [0.25, 0.3) is 0 Å². The molecule has 1 N–H and O–H groups in total. The van der Waals surface area contributed by atoms with Crippen LogP contribution in [-0.2, 0) is 19.3 Å². The van der Waals surface area contributed by atoms with Crippen LogP contribution in [0.1, 0.15) is 35.1 Å². The zero-order chi connectivity index (χ0) is 14.3. The highest BCUT2D eigenvalue weighted by Gasteiger charge is 2.34. The summed E-state index contributed by atoms with van der Waals surface area (Å²) in [5.41, 5.74) is 6.31. The topological polar surface area (TPSA) is 20.2 Å². The minimum Gasteiger partial charge on any atom is -0.389 e. The highest BCUT2D eigenvalue weighted by molar-refractivity contribution is 5.73. The Hall–Kier alpha value is -1.86. The van der Waals surface area contributed by atoms with Crippen LogP contribution in [0.25, 0.3) is 5.57 Å². The molecule has 1 nitrogen and oxygen atoms in total. The summed E-state index contributed by atoms with van der Waals surface area (Å²) in [5, 5.41) is 10.9. The van der Waals surface area contributed by atoms with Crippen LogP contribution in [0.3, 0.4) is 0 Å². The van der Waals surface area contributed by atoms with E-state index < -0.39 is 5.60 Å². The smallest absolute Gasteiger partial charge is 0.0731 e. The maximum Gasteiger partial charge on any atom is 0.0731 e. The summed E-state index contributed by atoms with van der Waals surface area (Å²) in [6.07, 6.45) is 6.81. The summed E-state index contributed by atoms with van der Waals surface area (Å²) in [5.74, 6) is 0. The molecule has 0 atom stereocenters. The Kier molecular flexibility index (Phi) is 2.97. The van der Waals surface area contributed by atoms with E-state index in [-0.39, 0.29) is 0 Å². The van der Waals surface area contributed by atoms with E-state index in [2.05, 4.69) is 54.6 Å². The van der Waals surface area contributed by atoms with Gasteiger partial charge in [0.2, 0.25) is 0 Å². The van der Waals surface area contributed by atoms with Crippen molar-refractivity contribution >= 4 is 5.57 Å². The molecule has 1 heteroatoms. The van der Waals surface area contributed by atoms with Crippen LogP contribution in [0, 0.1) is 0 Å². The summed E-state index contributed by atoms with van der Waals surface area (Å²) >= 11 is 0. The number of allylic oxidation sites excluding steroid dienone is 2. The summed E-state index contributed by atoms with van der Waals surface area (Å²) < 4.78 is 0. The average Bonchev–Trinajstić information content (AvgIpc) is 3.05. The Morgan fingerprint density at radius 3 is 2.19 bits per heavy atom. The van der Waals surface area contributed by atoms with E-state index in [1.165, 1.54) is 27.8 Å². The van der Waals surface area contributed by atoms with E-state index in [0.717, 1.165) is 32.1 Å². The van der Waals surface area contributed by atoms with Crippen LogP contribution in [0.2, 0.25) is 0 Å². The van der Waals surface area contributed by atoms with Crippen molar-refractivity contribution in [2.45, 2.75) is 37.7 Å². The minimum atomic E-state index is -0.554. The van der Waals surface area contributed by atoms with Gasteiger partial charge in [0.15, 0.2) is 0 Å². The summed E-state index contributed by atoms with van der Waals surface area (Å²) in [6.45, 7) is 0. The van der Waals surface area contributed by atoms with Gasteiger partial charge in [0, 0.05) is 12.8 Å². The molecule has 106 valence electrons. The molecule has 4 rings (SSSR count). The standard InChI is InChI=1S/C20H20O/c21-20(13-17-6-1-2-7-18(17)14-20)12-11-16-10-9-15-5-3-4-8-19(15)16/h1-8,10,21H,9,11-14H2. The molecule has 21 heavy (non-hydrogen) atoms. The van der Waals surface area contributed by atoms with Crippen molar-refractivity contribution in [1.29, 1.82) is 0 Å². The lowest BCUT2D eigenvalue weighted by Gasteiger charge is -2.22. The van der Waals surface area contributed by atoms with Crippen molar-refractivity contribution in [1.82, 2.24) is 0 Å². The lowest BCUT2D eigenvalue weighted by molar-refractivity contribution is 0.0439. The van der Waals surface area contributed by atoms with Crippen molar-refractivity contribution < 1.29 is 5.11 Å². The Bertz CT molecular complexity index is 686. The molecule has 0 saturated heterocycles. The summed E-state index contributed by atoms with van der Waals surface area (Å²) in [7, 11) is 0. The van der Waals surface area contributed by atoms with Gasteiger partial charge < -0.3 is 5.11 Å². The van der Waals surface area contributed by atoms with Gasteiger partial charge in [-0.3, -0.25) is 0 Å². The molecular weight excluding hydrogens is 256 g/mol. The third-order valence-electron chi connectivity index (χ3n) is 4.95. The molecule has 2 aliphatic carbocycles. The van der Waals surface area contributed by atoms with Gasteiger partial charge in [-0.05, 0) is 47.1 Å². The zero-order valence-corrected chi connectivity index (χ0v) is 12.2. The van der Waals surface area contributed by atoms with E-state index in [1.807, 2.05) is 0 Å². The lowest BCUT2D eigenvalue weighted by atomic mass is 9.90. The molecule has 2 aliphatic rings. The predicted molar refractivity (Wildman–Crippen MR) is 86.2 cm³/mol. The van der Waals surface area contributed by atoms with Gasteiger partial charge >= 0.3 is 0 Å². The monoisotopic (exact) mass is 276 g/mol. The van der Waals surface area contributed by atoms with Crippen molar-refractivity contribution in [2.24, 2.45) is 0 Å². The van der Waals surface area contributed by atoms with E-state index in [4.69, 9.17) is 0 Å². The van der Waals surface area contributed by atoms with E-state index in [1.54, 1.807) is 0 Å². The second kappa shape index (κ2) is 4.85. The fourth-order valence-electron chi connectivity index (χ4n) is 3.81. The van der Waals surface area contributed by atoms with Crippen molar-refractivity contribution in [2.75, 3.05) is 0 Å². The first-order chi connectivity index (χ1) is 10.2. The van der Waals surface area contributed by atoms with Crippen LogP contribution < -0.4 is 0 Å². The van der Waals surface area contributed by atoms with E-state index in [9.17, 15) is 5.11 Å². The van der Waals surface area contributed by atoms with Gasteiger partial charge in [-0.1, -0.05) is 54.6 Å². The fourth-order valence-corrected chi connectivity index (χ4v) is 3.81. The van der Waals surface area contributed by atoms with E-state index in [0.29, 0.717) is 0 Å². The number of fused-ring (bicyclic) bond motifs is 2.